The van der Waals surface area contributed by atoms with Crippen LogP contribution in [-0.2, 0) is 11.3 Å². The molecule has 0 bridgehead atoms. The molecule has 0 aliphatic carbocycles. The Hall–Kier alpha value is -0.590. The monoisotopic (exact) mass is 257 g/mol. The van der Waals surface area contributed by atoms with Crippen LogP contribution in [0, 0.1) is 0 Å². The lowest BCUT2D eigenvalue weighted by molar-refractivity contribution is -0.0632. The fourth-order valence-electron chi connectivity index (χ4n) is 2.19. The normalized spacial score (nSPS) is 26.3. The first-order valence-corrected chi connectivity index (χ1v) is 6.60. The molecule has 1 saturated heterocycles. The molecule has 1 fully saturated rings. The van der Waals surface area contributed by atoms with E-state index in [4.69, 9.17) is 14.9 Å². The molecule has 0 saturated carbocycles. The molecule has 0 radical (unpaired) electrons. The van der Waals surface area contributed by atoms with E-state index in [1.807, 2.05) is 0 Å². The lowest BCUT2D eigenvalue weighted by Crippen LogP contribution is -2.30. The third kappa shape index (κ3) is 2.81. The predicted molar refractivity (Wildman–Crippen MR) is 65.7 cm³/mol. The van der Waals surface area contributed by atoms with Crippen molar-refractivity contribution in [2.75, 3.05) is 0 Å². The second-order valence-electron chi connectivity index (χ2n) is 5.44. The van der Waals surface area contributed by atoms with Crippen molar-refractivity contribution < 1.29 is 9.15 Å². The Morgan fingerprint density at radius 1 is 1.35 bits per heavy atom. The van der Waals surface area contributed by atoms with Crippen LogP contribution in [0.25, 0.3) is 0 Å². The van der Waals surface area contributed by atoms with Gasteiger partial charge in [0.25, 0.3) is 5.22 Å². The summed E-state index contributed by atoms with van der Waals surface area (Å²) in [6.07, 6.45) is 0.963. The first-order chi connectivity index (χ1) is 7.82. The highest BCUT2D eigenvalue weighted by molar-refractivity contribution is 7.99. The van der Waals surface area contributed by atoms with Crippen LogP contribution in [0.5, 0.6) is 0 Å². The quantitative estimate of drug-likeness (QED) is 0.892. The molecule has 17 heavy (non-hydrogen) atoms. The van der Waals surface area contributed by atoms with Gasteiger partial charge in [-0.25, -0.2) is 0 Å². The molecular formula is C11H19N3O2S. The van der Waals surface area contributed by atoms with Crippen molar-refractivity contribution in [3.63, 3.8) is 0 Å². The van der Waals surface area contributed by atoms with Crippen LogP contribution in [0.3, 0.4) is 0 Å². The molecule has 0 aromatic carbocycles. The number of hydrogen-bond acceptors (Lipinski definition) is 6. The highest BCUT2D eigenvalue weighted by Gasteiger charge is 2.47. The Labute approximate surface area is 105 Å². The molecule has 1 aliphatic heterocycles. The van der Waals surface area contributed by atoms with Gasteiger partial charge in [-0.3, -0.25) is 0 Å². The average molecular weight is 257 g/mol. The summed E-state index contributed by atoms with van der Waals surface area (Å²) in [6, 6.07) is 0. The molecule has 1 aliphatic rings. The number of ether oxygens (including phenoxy) is 1. The van der Waals surface area contributed by atoms with Crippen molar-refractivity contribution in [3.05, 3.63) is 5.89 Å². The number of thioether (sulfide) groups is 1. The zero-order valence-corrected chi connectivity index (χ0v) is 11.5. The predicted octanol–water partition coefficient (Wildman–Crippen LogP) is 1.97. The van der Waals surface area contributed by atoms with E-state index >= 15 is 0 Å². The summed E-state index contributed by atoms with van der Waals surface area (Å²) in [4.78, 5) is 0. The molecule has 2 heterocycles. The van der Waals surface area contributed by atoms with E-state index in [9.17, 15) is 0 Å². The average Bonchev–Trinajstić information content (AvgIpc) is 2.69. The number of nitrogens with zero attached hydrogens (tertiary/aromatic N) is 2. The molecule has 0 amide bonds. The first-order valence-electron chi connectivity index (χ1n) is 5.72. The Balaban J connectivity index is 2.08. The van der Waals surface area contributed by atoms with E-state index in [1.54, 1.807) is 11.8 Å². The molecule has 6 heteroatoms. The second-order valence-corrected chi connectivity index (χ2v) is 6.60. The molecule has 1 aromatic rings. The third-order valence-electron chi connectivity index (χ3n) is 2.86. The van der Waals surface area contributed by atoms with Crippen molar-refractivity contribution in [2.45, 2.75) is 62.3 Å². The van der Waals surface area contributed by atoms with Crippen LogP contribution >= 0.6 is 11.8 Å². The molecule has 1 aromatic heterocycles. The van der Waals surface area contributed by atoms with Gasteiger partial charge in [0.2, 0.25) is 5.89 Å². The number of aromatic nitrogens is 2. The highest BCUT2D eigenvalue weighted by Crippen LogP contribution is 2.45. The van der Waals surface area contributed by atoms with Gasteiger partial charge in [0.05, 0.1) is 17.7 Å². The van der Waals surface area contributed by atoms with Crippen LogP contribution in [0.2, 0.25) is 0 Å². The lowest BCUT2D eigenvalue weighted by atomic mass is 10.0. The van der Waals surface area contributed by atoms with Gasteiger partial charge in [-0.15, -0.1) is 10.2 Å². The fourth-order valence-corrected chi connectivity index (χ4v) is 3.48. The second kappa shape index (κ2) is 4.26. The van der Waals surface area contributed by atoms with Crippen LogP contribution in [0.4, 0.5) is 0 Å². The highest BCUT2D eigenvalue weighted by atomic mass is 32.2. The minimum atomic E-state index is -0.189. The maximum atomic E-state index is 6.02. The molecule has 96 valence electrons. The SMILES string of the molecule is CC1(C)CC(Sc2nnc(CN)o2)C(C)(C)O1. The molecule has 0 spiro atoms. The van der Waals surface area contributed by atoms with Gasteiger partial charge < -0.3 is 14.9 Å². The molecule has 2 rings (SSSR count). The van der Waals surface area contributed by atoms with E-state index in [1.165, 1.54) is 0 Å². The summed E-state index contributed by atoms with van der Waals surface area (Å²) in [5, 5.41) is 8.71. The van der Waals surface area contributed by atoms with Gasteiger partial charge in [0.1, 0.15) is 0 Å². The van der Waals surface area contributed by atoms with Crippen molar-refractivity contribution in [3.8, 4) is 0 Å². The van der Waals surface area contributed by atoms with Gasteiger partial charge in [-0.05, 0) is 34.1 Å². The van der Waals surface area contributed by atoms with E-state index < -0.39 is 0 Å². The van der Waals surface area contributed by atoms with Crippen LogP contribution in [0.1, 0.15) is 40.0 Å². The smallest absolute Gasteiger partial charge is 0.277 e. The Morgan fingerprint density at radius 3 is 2.53 bits per heavy atom. The molecule has 1 atom stereocenters. The van der Waals surface area contributed by atoms with Crippen molar-refractivity contribution in [1.29, 1.82) is 0 Å². The topological polar surface area (TPSA) is 74.2 Å². The molecule has 5 nitrogen and oxygen atoms in total. The third-order valence-corrected chi connectivity index (χ3v) is 4.24. The summed E-state index contributed by atoms with van der Waals surface area (Å²) >= 11 is 1.58. The number of rotatable bonds is 3. The summed E-state index contributed by atoms with van der Waals surface area (Å²) in [6.45, 7) is 8.69. The van der Waals surface area contributed by atoms with Gasteiger partial charge in [-0.1, -0.05) is 11.8 Å². The van der Waals surface area contributed by atoms with Gasteiger partial charge >= 0.3 is 0 Å². The Bertz CT molecular complexity index is 403. The summed E-state index contributed by atoms with van der Waals surface area (Å²) in [5.74, 6) is 0.475. The van der Waals surface area contributed by atoms with Crippen molar-refractivity contribution in [1.82, 2.24) is 10.2 Å². The summed E-state index contributed by atoms with van der Waals surface area (Å²) in [5.41, 5.74) is 5.15. The van der Waals surface area contributed by atoms with Gasteiger partial charge in [0, 0.05) is 5.25 Å². The van der Waals surface area contributed by atoms with E-state index in [2.05, 4.69) is 37.9 Å². The minimum Gasteiger partial charge on any atom is -0.415 e. The van der Waals surface area contributed by atoms with Crippen LogP contribution in [0.15, 0.2) is 9.64 Å². The largest absolute Gasteiger partial charge is 0.415 e. The lowest BCUT2D eigenvalue weighted by Gasteiger charge is -2.26. The van der Waals surface area contributed by atoms with Crippen molar-refractivity contribution in [2.24, 2.45) is 5.73 Å². The fraction of sp³-hybridized carbons (Fsp3) is 0.818. The minimum absolute atomic E-state index is 0.0993. The zero-order chi connectivity index (χ0) is 12.7. The van der Waals surface area contributed by atoms with E-state index in [-0.39, 0.29) is 17.7 Å². The molecular weight excluding hydrogens is 238 g/mol. The Morgan fingerprint density at radius 2 is 2.06 bits per heavy atom. The first kappa shape index (κ1) is 12.9. The maximum absolute atomic E-state index is 6.02. The van der Waals surface area contributed by atoms with Crippen molar-refractivity contribution >= 4 is 11.8 Å². The molecule has 1 unspecified atom stereocenters. The summed E-state index contributed by atoms with van der Waals surface area (Å²) in [7, 11) is 0. The van der Waals surface area contributed by atoms with Crippen LogP contribution < -0.4 is 5.73 Å². The standard InChI is InChI=1S/C11H19N3O2S/c1-10(2)5-7(11(3,4)16-10)17-9-14-13-8(6-12)15-9/h7H,5-6,12H2,1-4H3. The molecule has 2 N–H and O–H groups in total. The zero-order valence-electron chi connectivity index (χ0n) is 10.7. The number of hydrogen-bond donors (Lipinski definition) is 1. The van der Waals surface area contributed by atoms with Gasteiger partial charge in [0.15, 0.2) is 0 Å². The maximum Gasteiger partial charge on any atom is 0.277 e. The summed E-state index contributed by atoms with van der Waals surface area (Å²) < 4.78 is 11.4. The number of nitrogens with two attached hydrogens (primary N) is 1. The van der Waals surface area contributed by atoms with E-state index in [0.29, 0.717) is 16.4 Å². The Kier molecular flexibility index (Phi) is 3.22. The van der Waals surface area contributed by atoms with E-state index in [0.717, 1.165) is 6.42 Å². The van der Waals surface area contributed by atoms with Crippen LogP contribution in [-0.4, -0.2) is 26.6 Å². The van der Waals surface area contributed by atoms with Gasteiger partial charge in [-0.2, -0.15) is 0 Å².